The summed E-state index contributed by atoms with van der Waals surface area (Å²) >= 11 is 5.90. The molecule has 0 aromatic heterocycles. The van der Waals surface area contributed by atoms with Gasteiger partial charge in [-0.1, -0.05) is 37.6 Å². The Labute approximate surface area is 90.3 Å². The van der Waals surface area contributed by atoms with Crippen LogP contribution in [0.4, 0.5) is 0 Å². The Balaban J connectivity index is 3.21. The van der Waals surface area contributed by atoms with Crippen LogP contribution in [-0.4, -0.2) is 0 Å². The molecule has 1 aromatic rings. The van der Waals surface area contributed by atoms with E-state index in [9.17, 15) is 5.26 Å². The Morgan fingerprint density at radius 1 is 1.43 bits per heavy atom. The summed E-state index contributed by atoms with van der Waals surface area (Å²) in [5, 5.41) is 9.89. The first kappa shape index (κ1) is 11.1. The third-order valence-corrected chi connectivity index (χ3v) is 3.05. The zero-order valence-corrected chi connectivity index (χ0v) is 9.47. The fourth-order valence-electron chi connectivity index (χ4n) is 1.34. The standard InChI is InChI=1S/C12H14ClN/c1-9(2)12(3,8-14)10-5-4-6-11(13)7-10/h4-7,9H,1-3H3. The Hall–Kier alpha value is -1.00. The SMILES string of the molecule is CC(C)C(C)(C#N)c1cccc(Cl)c1. The molecule has 1 unspecified atom stereocenters. The fraction of sp³-hybridized carbons (Fsp3) is 0.417. The van der Waals surface area contributed by atoms with Crippen LogP contribution in [0.15, 0.2) is 24.3 Å². The van der Waals surface area contributed by atoms with Gasteiger partial charge in [-0.05, 0) is 30.5 Å². The van der Waals surface area contributed by atoms with E-state index in [0.29, 0.717) is 5.02 Å². The molecule has 1 rings (SSSR count). The van der Waals surface area contributed by atoms with Crippen LogP contribution in [0.1, 0.15) is 26.3 Å². The normalized spacial score (nSPS) is 14.9. The molecule has 1 atom stereocenters. The van der Waals surface area contributed by atoms with Crippen molar-refractivity contribution >= 4 is 11.6 Å². The van der Waals surface area contributed by atoms with Crippen molar-refractivity contribution in [2.45, 2.75) is 26.2 Å². The molecule has 1 aromatic carbocycles. The highest BCUT2D eigenvalue weighted by atomic mass is 35.5. The van der Waals surface area contributed by atoms with E-state index >= 15 is 0 Å². The highest BCUT2D eigenvalue weighted by molar-refractivity contribution is 6.30. The van der Waals surface area contributed by atoms with Crippen LogP contribution in [0.3, 0.4) is 0 Å². The molecule has 14 heavy (non-hydrogen) atoms. The second-order valence-electron chi connectivity index (χ2n) is 3.98. The first-order chi connectivity index (χ1) is 6.50. The molecule has 74 valence electrons. The number of nitriles is 1. The lowest BCUT2D eigenvalue weighted by atomic mass is 9.75. The van der Waals surface area contributed by atoms with Gasteiger partial charge >= 0.3 is 0 Å². The van der Waals surface area contributed by atoms with Gasteiger partial charge in [-0.2, -0.15) is 5.26 Å². The van der Waals surface area contributed by atoms with E-state index in [1.165, 1.54) is 0 Å². The van der Waals surface area contributed by atoms with Gasteiger partial charge in [-0.15, -0.1) is 0 Å². The van der Waals surface area contributed by atoms with Gasteiger partial charge in [0.05, 0.1) is 11.5 Å². The maximum absolute atomic E-state index is 9.21. The van der Waals surface area contributed by atoms with E-state index in [1.807, 2.05) is 45.0 Å². The van der Waals surface area contributed by atoms with Crippen molar-refractivity contribution in [1.29, 1.82) is 5.26 Å². The molecule has 0 radical (unpaired) electrons. The molecular formula is C12H14ClN. The van der Waals surface area contributed by atoms with Crippen LogP contribution < -0.4 is 0 Å². The smallest absolute Gasteiger partial charge is 0.0817 e. The number of nitrogens with zero attached hydrogens (tertiary/aromatic N) is 1. The van der Waals surface area contributed by atoms with Crippen molar-refractivity contribution in [3.05, 3.63) is 34.9 Å². The van der Waals surface area contributed by atoms with Crippen LogP contribution in [0.2, 0.25) is 5.02 Å². The summed E-state index contributed by atoms with van der Waals surface area (Å²) in [6.07, 6.45) is 0. The average Bonchev–Trinajstić information content (AvgIpc) is 2.16. The minimum atomic E-state index is -0.453. The number of hydrogen-bond acceptors (Lipinski definition) is 1. The Morgan fingerprint density at radius 3 is 2.50 bits per heavy atom. The van der Waals surface area contributed by atoms with E-state index < -0.39 is 5.41 Å². The molecular weight excluding hydrogens is 194 g/mol. The third kappa shape index (κ3) is 1.91. The van der Waals surface area contributed by atoms with Gasteiger partial charge in [-0.25, -0.2) is 0 Å². The Morgan fingerprint density at radius 2 is 2.07 bits per heavy atom. The molecule has 0 aliphatic heterocycles. The number of rotatable bonds is 2. The van der Waals surface area contributed by atoms with Gasteiger partial charge in [0.25, 0.3) is 0 Å². The molecule has 0 heterocycles. The minimum absolute atomic E-state index is 0.269. The van der Waals surface area contributed by atoms with Crippen LogP contribution >= 0.6 is 11.6 Å². The average molecular weight is 208 g/mol. The monoisotopic (exact) mass is 207 g/mol. The summed E-state index contributed by atoms with van der Waals surface area (Å²) in [7, 11) is 0. The molecule has 0 N–H and O–H groups in total. The number of benzene rings is 1. The molecule has 0 amide bonds. The molecule has 0 aliphatic carbocycles. The van der Waals surface area contributed by atoms with Crippen molar-refractivity contribution in [1.82, 2.24) is 0 Å². The maximum Gasteiger partial charge on any atom is 0.0817 e. The van der Waals surface area contributed by atoms with Gasteiger partial charge < -0.3 is 0 Å². The predicted molar refractivity (Wildman–Crippen MR) is 59.3 cm³/mol. The van der Waals surface area contributed by atoms with Crippen molar-refractivity contribution in [2.75, 3.05) is 0 Å². The topological polar surface area (TPSA) is 23.8 Å². The molecule has 1 nitrogen and oxygen atoms in total. The van der Waals surface area contributed by atoms with Gasteiger partial charge in [0.2, 0.25) is 0 Å². The van der Waals surface area contributed by atoms with E-state index in [0.717, 1.165) is 5.56 Å². The van der Waals surface area contributed by atoms with Crippen molar-refractivity contribution < 1.29 is 0 Å². The quantitative estimate of drug-likeness (QED) is 0.724. The second-order valence-corrected chi connectivity index (χ2v) is 4.42. The lowest BCUT2D eigenvalue weighted by Crippen LogP contribution is -2.26. The van der Waals surface area contributed by atoms with Crippen LogP contribution in [0, 0.1) is 17.2 Å². The first-order valence-electron chi connectivity index (χ1n) is 4.68. The first-order valence-corrected chi connectivity index (χ1v) is 5.06. The summed E-state index contributed by atoms with van der Waals surface area (Å²) in [6, 6.07) is 9.89. The zero-order chi connectivity index (χ0) is 10.8. The van der Waals surface area contributed by atoms with Gasteiger partial charge in [0, 0.05) is 5.02 Å². The Kier molecular flexibility index (Phi) is 3.18. The van der Waals surface area contributed by atoms with Crippen LogP contribution in [0.5, 0.6) is 0 Å². The van der Waals surface area contributed by atoms with Gasteiger partial charge in [0.15, 0.2) is 0 Å². The molecule has 0 saturated heterocycles. The third-order valence-electron chi connectivity index (χ3n) is 2.81. The van der Waals surface area contributed by atoms with E-state index in [2.05, 4.69) is 6.07 Å². The maximum atomic E-state index is 9.21. The minimum Gasteiger partial charge on any atom is -0.197 e. The summed E-state index contributed by atoms with van der Waals surface area (Å²) in [5.74, 6) is 0.269. The van der Waals surface area contributed by atoms with E-state index in [-0.39, 0.29) is 5.92 Å². The summed E-state index contributed by atoms with van der Waals surface area (Å²) in [4.78, 5) is 0. The highest BCUT2D eigenvalue weighted by Gasteiger charge is 2.30. The second kappa shape index (κ2) is 4.02. The molecule has 0 bridgehead atoms. The molecule has 0 saturated carbocycles. The lowest BCUT2D eigenvalue weighted by molar-refractivity contribution is 0.431. The zero-order valence-electron chi connectivity index (χ0n) is 8.71. The van der Waals surface area contributed by atoms with Crippen molar-refractivity contribution in [3.63, 3.8) is 0 Å². The highest BCUT2D eigenvalue weighted by Crippen LogP contribution is 2.32. The molecule has 2 heteroatoms. The van der Waals surface area contributed by atoms with E-state index in [4.69, 9.17) is 11.6 Å². The largest absolute Gasteiger partial charge is 0.197 e. The van der Waals surface area contributed by atoms with Crippen LogP contribution in [0.25, 0.3) is 0 Å². The molecule has 0 spiro atoms. The van der Waals surface area contributed by atoms with Gasteiger partial charge in [-0.3, -0.25) is 0 Å². The summed E-state index contributed by atoms with van der Waals surface area (Å²) in [6.45, 7) is 6.04. The van der Waals surface area contributed by atoms with Crippen molar-refractivity contribution in [3.8, 4) is 6.07 Å². The summed E-state index contributed by atoms with van der Waals surface area (Å²) in [5.41, 5.74) is 0.535. The van der Waals surface area contributed by atoms with Gasteiger partial charge in [0.1, 0.15) is 0 Å². The molecule has 0 aliphatic rings. The fourth-order valence-corrected chi connectivity index (χ4v) is 1.53. The van der Waals surface area contributed by atoms with Crippen LogP contribution in [-0.2, 0) is 5.41 Å². The van der Waals surface area contributed by atoms with E-state index in [1.54, 1.807) is 0 Å². The Bertz CT molecular complexity index is 365. The van der Waals surface area contributed by atoms with Crippen molar-refractivity contribution in [2.24, 2.45) is 5.92 Å². The number of halogens is 1. The summed E-state index contributed by atoms with van der Waals surface area (Å²) < 4.78 is 0. The predicted octanol–water partition coefficient (Wildman–Crippen LogP) is 3.78. The number of hydrogen-bond donors (Lipinski definition) is 0. The lowest BCUT2D eigenvalue weighted by Gasteiger charge is -2.26. The molecule has 0 fully saturated rings.